The van der Waals surface area contributed by atoms with E-state index in [4.69, 9.17) is 9.47 Å². The van der Waals surface area contributed by atoms with Crippen LogP contribution in [0.15, 0.2) is 54.9 Å². The van der Waals surface area contributed by atoms with Crippen molar-refractivity contribution >= 4 is 0 Å². The molecule has 140 valence electrons. The fourth-order valence-electron chi connectivity index (χ4n) is 3.30. The first-order chi connectivity index (χ1) is 13.2. The Morgan fingerprint density at radius 1 is 1.11 bits per heavy atom. The summed E-state index contributed by atoms with van der Waals surface area (Å²) in [4.78, 5) is 4.44. The number of nitrogens with zero attached hydrogens (tertiary/aromatic N) is 2. The Morgan fingerprint density at radius 3 is 2.78 bits per heavy atom. The summed E-state index contributed by atoms with van der Waals surface area (Å²) in [5.74, 6) is 2.66. The van der Waals surface area contributed by atoms with Crippen molar-refractivity contribution in [3.05, 3.63) is 66.0 Å². The highest BCUT2D eigenvalue weighted by Gasteiger charge is 2.13. The first-order valence-corrected chi connectivity index (χ1v) is 9.40. The average molecular weight is 363 g/mol. The van der Waals surface area contributed by atoms with E-state index in [0.29, 0.717) is 13.2 Å². The van der Waals surface area contributed by atoms with Crippen molar-refractivity contribution in [2.45, 2.75) is 25.9 Å². The van der Waals surface area contributed by atoms with Crippen LogP contribution >= 0.6 is 0 Å². The molecule has 0 bridgehead atoms. The molecule has 4 rings (SSSR count). The zero-order valence-corrected chi connectivity index (χ0v) is 15.8. The second-order valence-electron chi connectivity index (χ2n) is 6.92. The molecule has 5 heteroatoms. The van der Waals surface area contributed by atoms with Crippen molar-refractivity contribution in [3.8, 4) is 22.9 Å². The maximum atomic E-state index is 5.81. The number of benzene rings is 2. The van der Waals surface area contributed by atoms with Gasteiger partial charge in [0, 0.05) is 44.0 Å². The van der Waals surface area contributed by atoms with Crippen LogP contribution in [0.3, 0.4) is 0 Å². The lowest BCUT2D eigenvalue weighted by Gasteiger charge is -2.17. The largest absolute Gasteiger partial charge is 0.490 e. The maximum Gasteiger partial charge on any atom is 0.161 e. The molecular formula is C22H25N3O2. The predicted octanol–water partition coefficient (Wildman–Crippen LogP) is 4.10. The van der Waals surface area contributed by atoms with Crippen LogP contribution in [0.5, 0.6) is 11.5 Å². The second-order valence-corrected chi connectivity index (χ2v) is 6.92. The number of hydrogen-bond acceptors (Lipinski definition) is 4. The molecule has 0 fully saturated rings. The topological polar surface area (TPSA) is 48.3 Å². The molecule has 2 aromatic carbocycles. The summed E-state index contributed by atoms with van der Waals surface area (Å²) >= 11 is 0. The van der Waals surface area contributed by atoms with E-state index in [2.05, 4.69) is 53.6 Å². The maximum absolute atomic E-state index is 5.81. The summed E-state index contributed by atoms with van der Waals surface area (Å²) in [7, 11) is 2.01. The number of rotatable bonds is 5. The number of fused-ring (bicyclic) bond motifs is 1. The van der Waals surface area contributed by atoms with Gasteiger partial charge in [-0.2, -0.15) is 0 Å². The van der Waals surface area contributed by atoms with E-state index in [1.54, 1.807) is 0 Å². The molecule has 0 aliphatic carbocycles. The Labute approximate surface area is 160 Å². The van der Waals surface area contributed by atoms with E-state index in [9.17, 15) is 0 Å². The zero-order chi connectivity index (χ0) is 18.6. The number of hydrogen-bond donors (Lipinski definition) is 1. The molecule has 3 aromatic rings. The summed E-state index contributed by atoms with van der Waals surface area (Å²) in [6.07, 6.45) is 4.71. The lowest BCUT2D eigenvalue weighted by Crippen LogP contribution is -2.18. The lowest BCUT2D eigenvalue weighted by atomic mass is 10.1. The Balaban J connectivity index is 1.44. The third kappa shape index (κ3) is 3.98. The third-order valence-electron chi connectivity index (χ3n) is 4.89. The Hall–Kier alpha value is -2.79. The molecule has 0 saturated carbocycles. The van der Waals surface area contributed by atoms with Gasteiger partial charge in [0.05, 0.1) is 13.2 Å². The molecule has 1 N–H and O–H groups in total. The van der Waals surface area contributed by atoms with Gasteiger partial charge < -0.3 is 19.4 Å². The normalized spacial score (nSPS) is 14.6. The minimum Gasteiger partial charge on any atom is -0.490 e. The molecule has 1 aliphatic rings. The van der Waals surface area contributed by atoms with Crippen LogP contribution < -0.4 is 14.8 Å². The van der Waals surface area contributed by atoms with Crippen LogP contribution in [0.4, 0.5) is 0 Å². The molecule has 1 aliphatic heterocycles. The van der Waals surface area contributed by atoms with Gasteiger partial charge in [-0.25, -0.2) is 4.98 Å². The molecule has 2 heterocycles. The highest BCUT2D eigenvalue weighted by Crippen LogP contribution is 2.32. The van der Waals surface area contributed by atoms with E-state index < -0.39 is 0 Å². The molecule has 27 heavy (non-hydrogen) atoms. The Bertz CT molecular complexity index is 919. The summed E-state index contributed by atoms with van der Waals surface area (Å²) in [6.45, 7) is 4.38. The van der Waals surface area contributed by atoms with Crippen LogP contribution in [0.25, 0.3) is 11.4 Å². The smallest absolute Gasteiger partial charge is 0.161 e. The molecule has 1 atom stereocenters. The van der Waals surface area contributed by atoms with Gasteiger partial charge in [-0.15, -0.1) is 0 Å². The van der Waals surface area contributed by atoms with E-state index in [1.165, 1.54) is 11.1 Å². The number of nitrogens with one attached hydrogen (secondary N) is 1. The van der Waals surface area contributed by atoms with Crippen LogP contribution in [-0.2, 0) is 13.6 Å². The van der Waals surface area contributed by atoms with Crippen molar-refractivity contribution < 1.29 is 9.47 Å². The van der Waals surface area contributed by atoms with E-state index in [-0.39, 0.29) is 6.04 Å². The fraction of sp³-hybridized carbons (Fsp3) is 0.318. The summed E-state index contributed by atoms with van der Waals surface area (Å²) < 4.78 is 13.6. The van der Waals surface area contributed by atoms with Gasteiger partial charge in [0.25, 0.3) is 0 Å². The van der Waals surface area contributed by atoms with Crippen LogP contribution in [0.2, 0.25) is 0 Å². The van der Waals surface area contributed by atoms with Crippen LogP contribution in [0, 0.1) is 0 Å². The van der Waals surface area contributed by atoms with E-state index >= 15 is 0 Å². The SMILES string of the molecule is CC(NCc1cccc(-c2nccn2C)c1)c1ccc2c(c1)OCCCO2. The molecule has 1 aromatic heterocycles. The monoisotopic (exact) mass is 363 g/mol. The third-order valence-corrected chi connectivity index (χ3v) is 4.89. The Morgan fingerprint density at radius 2 is 1.96 bits per heavy atom. The van der Waals surface area contributed by atoms with Gasteiger partial charge in [0.15, 0.2) is 11.5 Å². The van der Waals surface area contributed by atoms with Gasteiger partial charge in [-0.3, -0.25) is 0 Å². The summed E-state index contributed by atoms with van der Waals surface area (Å²) in [5, 5.41) is 3.60. The molecule has 5 nitrogen and oxygen atoms in total. The molecule has 0 amide bonds. The highest BCUT2D eigenvalue weighted by molar-refractivity contribution is 5.56. The van der Waals surface area contributed by atoms with Gasteiger partial charge in [0.2, 0.25) is 0 Å². The average Bonchev–Trinajstić information content (AvgIpc) is 2.98. The molecule has 0 radical (unpaired) electrons. The number of imidazole rings is 1. The first kappa shape index (κ1) is 17.6. The fourth-order valence-corrected chi connectivity index (χ4v) is 3.30. The number of ether oxygens (including phenoxy) is 2. The van der Waals surface area contributed by atoms with Crippen LogP contribution in [-0.4, -0.2) is 22.8 Å². The summed E-state index contributed by atoms with van der Waals surface area (Å²) in [5.41, 5.74) is 3.56. The number of aryl methyl sites for hydroxylation is 1. The minimum atomic E-state index is 0.207. The molecule has 0 saturated heterocycles. The van der Waals surface area contributed by atoms with Crippen LogP contribution in [0.1, 0.15) is 30.5 Å². The van der Waals surface area contributed by atoms with E-state index in [1.807, 2.05) is 30.1 Å². The zero-order valence-electron chi connectivity index (χ0n) is 15.8. The van der Waals surface area contributed by atoms with Crippen molar-refractivity contribution in [2.24, 2.45) is 7.05 Å². The molecule has 1 unspecified atom stereocenters. The summed E-state index contributed by atoms with van der Waals surface area (Å²) in [6, 6.07) is 14.9. The lowest BCUT2D eigenvalue weighted by molar-refractivity contribution is 0.297. The second kappa shape index (κ2) is 7.84. The van der Waals surface area contributed by atoms with Gasteiger partial charge >= 0.3 is 0 Å². The first-order valence-electron chi connectivity index (χ1n) is 9.40. The van der Waals surface area contributed by atoms with Gasteiger partial charge in [-0.1, -0.05) is 24.3 Å². The quantitative estimate of drug-likeness (QED) is 0.741. The molecule has 0 spiro atoms. The highest BCUT2D eigenvalue weighted by atomic mass is 16.5. The standard InChI is InChI=1S/C22H25N3O2/c1-16(18-7-8-20-21(14-18)27-12-4-11-26-20)24-15-17-5-3-6-19(13-17)22-23-9-10-25(22)2/h3,5-10,13-14,16,24H,4,11-12,15H2,1-2H3. The predicted molar refractivity (Wildman–Crippen MR) is 106 cm³/mol. The van der Waals surface area contributed by atoms with Crippen molar-refractivity contribution in [1.29, 1.82) is 0 Å². The van der Waals surface area contributed by atoms with E-state index in [0.717, 1.165) is 35.9 Å². The van der Waals surface area contributed by atoms with Crippen molar-refractivity contribution in [2.75, 3.05) is 13.2 Å². The Kier molecular flexibility index (Phi) is 5.12. The van der Waals surface area contributed by atoms with Crippen molar-refractivity contribution in [3.63, 3.8) is 0 Å². The van der Waals surface area contributed by atoms with Gasteiger partial charge in [0.1, 0.15) is 5.82 Å². The molecular weight excluding hydrogens is 338 g/mol. The van der Waals surface area contributed by atoms with Crippen molar-refractivity contribution in [1.82, 2.24) is 14.9 Å². The minimum absolute atomic E-state index is 0.207. The van der Waals surface area contributed by atoms with Gasteiger partial charge in [-0.05, 0) is 36.2 Å². The number of aromatic nitrogens is 2.